The first-order valence-corrected chi connectivity index (χ1v) is 5.70. The van der Waals surface area contributed by atoms with Crippen molar-refractivity contribution in [3.63, 3.8) is 0 Å². The first-order chi connectivity index (χ1) is 7.84. The Morgan fingerprint density at radius 2 is 2.12 bits per heavy atom. The van der Waals surface area contributed by atoms with E-state index in [0.717, 1.165) is 18.4 Å². The van der Waals surface area contributed by atoms with Gasteiger partial charge in [0.25, 0.3) is 0 Å². The highest BCUT2D eigenvalue weighted by Gasteiger charge is 2.53. The molecule has 0 N–H and O–H groups in total. The Morgan fingerprint density at radius 1 is 1.31 bits per heavy atom. The van der Waals surface area contributed by atoms with Gasteiger partial charge in [0.1, 0.15) is 6.61 Å². The summed E-state index contributed by atoms with van der Waals surface area (Å²) in [4.78, 5) is 11.8. The average molecular weight is 218 g/mol. The lowest BCUT2D eigenvalue weighted by Crippen LogP contribution is -2.20. The fraction of sp³-hybridized carbons (Fsp3) is 0.462. The van der Waals surface area contributed by atoms with E-state index in [1.54, 1.807) is 0 Å². The summed E-state index contributed by atoms with van der Waals surface area (Å²) in [5.74, 6) is -0.123. The fourth-order valence-corrected chi connectivity index (χ4v) is 2.34. The van der Waals surface area contributed by atoms with Crippen LogP contribution >= 0.6 is 0 Å². The highest BCUT2D eigenvalue weighted by molar-refractivity contribution is 5.74. The largest absolute Gasteiger partial charge is 0.461 e. The molecule has 1 aliphatic heterocycles. The van der Waals surface area contributed by atoms with E-state index >= 15 is 0 Å². The molecule has 0 bridgehead atoms. The molecule has 0 unspecified atom stereocenters. The Labute approximate surface area is 94.4 Å². The molecular formula is C13H14O3. The van der Waals surface area contributed by atoms with Gasteiger partial charge < -0.3 is 9.47 Å². The van der Waals surface area contributed by atoms with Crippen LogP contribution in [0.2, 0.25) is 0 Å². The predicted molar refractivity (Wildman–Crippen MR) is 57.6 cm³/mol. The van der Waals surface area contributed by atoms with Crippen LogP contribution in [0, 0.1) is 5.92 Å². The van der Waals surface area contributed by atoms with E-state index in [-0.39, 0.29) is 18.0 Å². The number of carbonyl (C=O) groups excluding carboxylic acids is 1. The van der Waals surface area contributed by atoms with Gasteiger partial charge in [-0.3, -0.25) is 4.79 Å². The molecule has 1 heterocycles. The van der Waals surface area contributed by atoms with Crippen molar-refractivity contribution in [2.45, 2.75) is 31.7 Å². The Morgan fingerprint density at radius 3 is 2.75 bits per heavy atom. The van der Waals surface area contributed by atoms with E-state index in [1.165, 1.54) is 0 Å². The van der Waals surface area contributed by atoms with E-state index in [2.05, 4.69) is 0 Å². The zero-order valence-electron chi connectivity index (χ0n) is 8.96. The summed E-state index contributed by atoms with van der Waals surface area (Å²) >= 11 is 0. The lowest BCUT2D eigenvalue weighted by Gasteiger charge is -2.10. The van der Waals surface area contributed by atoms with Gasteiger partial charge in [0.2, 0.25) is 0 Å². The Bertz CT molecular complexity index is 387. The zero-order chi connectivity index (χ0) is 11.0. The highest BCUT2D eigenvalue weighted by atomic mass is 16.6. The smallest absolute Gasteiger partial charge is 0.312 e. The monoisotopic (exact) mass is 218 g/mol. The van der Waals surface area contributed by atoms with Gasteiger partial charge in [-0.05, 0) is 18.4 Å². The van der Waals surface area contributed by atoms with Crippen molar-refractivity contribution in [2.24, 2.45) is 5.92 Å². The molecule has 1 aromatic rings. The van der Waals surface area contributed by atoms with E-state index in [9.17, 15) is 4.79 Å². The normalized spacial score (nSPS) is 30.9. The second kappa shape index (κ2) is 3.91. The molecule has 1 aromatic carbocycles. The lowest BCUT2D eigenvalue weighted by molar-refractivity contribution is -0.150. The molecule has 0 aromatic heterocycles. The number of carbonyl (C=O) groups is 1. The molecule has 84 valence electrons. The van der Waals surface area contributed by atoms with Crippen LogP contribution in [0.15, 0.2) is 30.3 Å². The summed E-state index contributed by atoms with van der Waals surface area (Å²) in [6, 6.07) is 9.75. The van der Waals surface area contributed by atoms with Crippen LogP contribution in [0.3, 0.4) is 0 Å². The maximum atomic E-state index is 11.8. The second-order valence-corrected chi connectivity index (χ2v) is 4.42. The Kier molecular flexibility index (Phi) is 2.40. The van der Waals surface area contributed by atoms with Crippen LogP contribution in [-0.4, -0.2) is 18.2 Å². The maximum absolute atomic E-state index is 11.8. The molecule has 0 spiro atoms. The lowest BCUT2D eigenvalue weighted by atomic mass is 10.1. The van der Waals surface area contributed by atoms with E-state index in [1.807, 2.05) is 30.3 Å². The van der Waals surface area contributed by atoms with E-state index in [0.29, 0.717) is 12.7 Å². The zero-order valence-corrected chi connectivity index (χ0v) is 8.96. The number of benzene rings is 1. The van der Waals surface area contributed by atoms with E-state index in [4.69, 9.17) is 9.47 Å². The summed E-state index contributed by atoms with van der Waals surface area (Å²) in [6.07, 6.45) is 2.43. The Balaban J connectivity index is 1.53. The van der Waals surface area contributed by atoms with Gasteiger partial charge in [0.15, 0.2) is 0 Å². The first-order valence-electron chi connectivity index (χ1n) is 5.70. The molecule has 3 rings (SSSR count). The third-order valence-corrected chi connectivity index (χ3v) is 3.31. The summed E-state index contributed by atoms with van der Waals surface area (Å²) in [5, 5.41) is 0. The first kappa shape index (κ1) is 9.85. The van der Waals surface area contributed by atoms with Crippen LogP contribution in [0.5, 0.6) is 0 Å². The van der Waals surface area contributed by atoms with Gasteiger partial charge in [0, 0.05) is 0 Å². The molecule has 0 amide bonds. The van der Waals surface area contributed by atoms with Crippen molar-refractivity contribution in [3.8, 4) is 0 Å². The van der Waals surface area contributed by atoms with Crippen molar-refractivity contribution in [1.29, 1.82) is 0 Å². The molecule has 0 radical (unpaired) electrons. The van der Waals surface area contributed by atoms with Gasteiger partial charge in [-0.1, -0.05) is 30.3 Å². The number of fused-ring (bicyclic) bond motifs is 1. The van der Waals surface area contributed by atoms with Crippen molar-refractivity contribution < 1.29 is 14.3 Å². The van der Waals surface area contributed by atoms with E-state index < -0.39 is 0 Å². The molecule has 1 saturated heterocycles. The number of ether oxygens (including phenoxy) is 2. The minimum atomic E-state index is -0.103. The summed E-state index contributed by atoms with van der Waals surface area (Å²) in [5.41, 5.74) is 1.03. The number of hydrogen-bond donors (Lipinski definition) is 0. The molecule has 1 saturated carbocycles. The molecule has 3 heteroatoms. The number of hydrogen-bond acceptors (Lipinski definition) is 3. The van der Waals surface area contributed by atoms with Crippen LogP contribution in [-0.2, 0) is 20.9 Å². The fourth-order valence-electron chi connectivity index (χ4n) is 2.34. The topological polar surface area (TPSA) is 38.8 Å². The average Bonchev–Trinajstić information content (AvgIpc) is 2.99. The van der Waals surface area contributed by atoms with Crippen LogP contribution < -0.4 is 0 Å². The minimum Gasteiger partial charge on any atom is -0.461 e. The number of rotatable bonds is 3. The quantitative estimate of drug-likeness (QED) is 0.574. The Hall–Kier alpha value is -1.35. The molecular weight excluding hydrogens is 204 g/mol. The minimum absolute atomic E-state index is 0.0197. The predicted octanol–water partition coefficient (Wildman–Crippen LogP) is 1.91. The van der Waals surface area contributed by atoms with Gasteiger partial charge in [-0.25, -0.2) is 0 Å². The van der Waals surface area contributed by atoms with Gasteiger partial charge in [0.05, 0.1) is 18.1 Å². The number of epoxide rings is 1. The molecule has 3 nitrogen and oxygen atoms in total. The number of esters is 1. The van der Waals surface area contributed by atoms with Gasteiger partial charge >= 0.3 is 5.97 Å². The second-order valence-electron chi connectivity index (χ2n) is 4.42. The van der Waals surface area contributed by atoms with Gasteiger partial charge in [-0.15, -0.1) is 0 Å². The molecule has 2 aliphatic rings. The highest BCUT2D eigenvalue weighted by Crippen LogP contribution is 2.43. The van der Waals surface area contributed by atoms with Crippen LogP contribution in [0.4, 0.5) is 0 Å². The molecule has 1 aliphatic carbocycles. The van der Waals surface area contributed by atoms with Crippen LogP contribution in [0.25, 0.3) is 0 Å². The summed E-state index contributed by atoms with van der Waals surface area (Å²) < 4.78 is 10.6. The summed E-state index contributed by atoms with van der Waals surface area (Å²) in [6.45, 7) is 0.369. The molecule has 3 atom stereocenters. The van der Waals surface area contributed by atoms with Crippen LogP contribution in [0.1, 0.15) is 18.4 Å². The van der Waals surface area contributed by atoms with Crippen molar-refractivity contribution in [2.75, 3.05) is 0 Å². The third kappa shape index (κ3) is 1.83. The SMILES string of the molecule is O=C(OCc1ccccc1)[C@H]1CC[C@@H]2O[C@@H]21. The van der Waals surface area contributed by atoms with Crippen molar-refractivity contribution in [1.82, 2.24) is 0 Å². The van der Waals surface area contributed by atoms with Crippen molar-refractivity contribution >= 4 is 5.97 Å². The molecule has 2 fully saturated rings. The van der Waals surface area contributed by atoms with Crippen molar-refractivity contribution in [3.05, 3.63) is 35.9 Å². The summed E-state index contributed by atoms with van der Waals surface area (Å²) in [7, 11) is 0. The van der Waals surface area contributed by atoms with Gasteiger partial charge in [-0.2, -0.15) is 0 Å². The third-order valence-electron chi connectivity index (χ3n) is 3.31. The molecule has 16 heavy (non-hydrogen) atoms. The maximum Gasteiger partial charge on any atom is 0.312 e. The standard InChI is InChI=1S/C13H14O3/c14-13(10-6-7-11-12(10)16-11)15-8-9-4-2-1-3-5-9/h1-5,10-12H,6-8H2/t10-,11-,12+/m0/s1.